The summed E-state index contributed by atoms with van der Waals surface area (Å²) in [6.07, 6.45) is -0.511. The van der Waals surface area contributed by atoms with E-state index in [0.29, 0.717) is 5.75 Å². The number of nitrogens with one attached hydrogen (secondary N) is 1. The number of thiol groups is 1. The maximum atomic E-state index is 11.8. The summed E-state index contributed by atoms with van der Waals surface area (Å²) in [6.45, 7) is 1.90. The molecule has 2 atom stereocenters. The molecule has 2 aromatic carbocycles. The zero-order valence-corrected chi connectivity index (χ0v) is 12.8. The second-order valence-corrected chi connectivity index (χ2v) is 6.13. The van der Waals surface area contributed by atoms with Crippen LogP contribution in [0.4, 0.5) is 4.79 Å². The van der Waals surface area contributed by atoms with E-state index < -0.39 is 6.09 Å². The van der Waals surface area contributed by atoms with Gasteiger partial charge in [0.05, 0.1) is 5.37 Å². The van der Waals surface area contributed by atoms with E-state index in [9.17, 15) is 4.79 Å². The molecule has 0 radical (unpaired) electrons. The number of hydrogen-bond acceptors (Lipinski definition) is 3. The third kappa shape index (κ3) is 3.64. The summed E-state index contributed by atoms with van der Waals surface area (Å²) < 4.78 is 5.33. The molecule has 0 aromatic heterocycles. The Hall–Kier alpha value is -1.20. The lowest BCUT2D eigenvalue weighted by Crippen LogP contribution is -2.37. The first-order valence-corrected chi connectivity index (χ1v) is 7.29. The van der Waals surface area contributed by atoms with Crippen molar-refractivity contribution in [3.63, 3.8) is 0 Å². The van der Waals surface area contributed by atoms with Crippen molar-refractivity contribution in [3.05, 3.63) is 42.5 Å². The van der Waals surface area contributed by atoms with Crippen LogP contribution in [0.15, 0.2) is 42.5 Å². The SMILES string of the molecule is CC(Br)C(S)NC(=O)Oc1cccc2ccccc12. The van der Waals surface area contributed by atoms with Gasteiger partial charge in [0.25, 0.3) is 0 Å². The van der Waals surface area contributed by atoms with Crippen LogP contribution in [0.25, 0.3) is 10.8 Å². The molecule has 19 heavy (non-hydrogen) atoms. The minimum atomic E-state index is -0.511. The van der Waals surface area contributed by atoms with Gasteiger partial charge < -0.3 is 10.1 Å². The van der Waals surface area contributed by atoms with Gasteiger partial charge in [-0.05, 0) is 18.4 Å². The average Bonchev–Trinajstić information content (AvgIpc) is 2.39. The number of carbonyl (C=O) groups is 1. The number of halogens is 1. The van der Waals surface area contributed by atoms with Crippen LogP contribution in [0.1, 0.15) is 6.92 Å². The Balaban J connectivity index is 2.15. The van der Waals surface area contributed by atoms with Crippen LogP contribution in [0.5, 0.6) is 5.75 Å². The second-order valence-electron chi connectivity index (χ2n) is 4.13. The summed E-state index contributed by atoms with van der Waals surface area (Å²) in [7, 11) is 0. The molecule has 5 heteroatoms. The van der Waals surface area contributed by atoms with Gasteiger partial charge in [0.2, 0.25) is 0 Å². The van der Waals surface area contributed by atoms with Gasteiger partial charge in [0.1, 0.15) is 5.75 Å². The molecule has 0 aliphatic rings. The van der Waals surface area contributed by atoms with Gasteiger partial charge in [-0.2, -0.15) is 12.6 Å². The predicted octanol–water partition coefficient (Wildman–Crippen LogP) is 3.97. The van der Waals surface area contributed by atoms with Crippen LogP contribution in [0, 0.1) is 0 Å². The summed E-state index contributed by atoms with van der Waals surface area (Å²) in [5.74, 6) is 0.540. The molecular formula is C14H14BrNO2S. The van der Waals surface area contributed by atoms with Gasteiger partial charge in [0.15, 0.2) is 0 Å². The highest BCUT2D eigenvalue weighted by Crippen LogP contribution is 2.25. The zero-order valence-electron chi connectivity index (χ0n) is 10.3. The van der Waals surface area contributed by atoms with Crippen molar-refractivity contribution in [2.45, 2.75) is 17.1 Å². The third-order valence-electron chi connectivity index (χ3n) is 2.65. The van der Waals surface area contributed by atoms with Crippen LogP contribution in [-0.4, -0.2) is 16.3 Å². The van der Waals surface area contributed by atoms with Crippen LogP contribution in [0.2, 0.25) is 0 Å². The van der Waals surface area contributed by atoms with Crippen LogP contribution >= 0.6 is 28.6 Å². The Bertz CT molecular complexity index is 583. The maximum absolute atomic E-state index is 11.8. The first-order chi connectivity index (χ1) is 9.08. The summed E-state index contributed by atoms with van der Waals surface area (Å²) >= 11 is 7.59. The standard InChI is InChI=1S/C14H14BrNO2S/c1-9(15)13(19)16-14(17)18-12-8-4-6-10-5-2-3-7-11(10)12/h2-9,13,19H,1H3,(H,16,17). The second kappa shape index (κ2) is 6.30. The first-order valence-electron chi connectivity index (χ1n) is 5.86. The number of rotatable bonds is 3. The van der Waals surface area contributed by atoms with Gasteiger partial charge in [-0.25, -0.2) is 4.79 Å². The molecule has 0 aliphatic heterocycles. The van der Waals surface area contributed by atoms with Gasteiger partial charge in [-0.3, -0.25) is 0 Å². The van der Waals surface area contributed by atoms with Crippen molar-refractivity contribution in [3.8, 4) is 5.75 Å². The van der Waals surface area contributed by atoms with Crippen LogP contribution < -0.4 is 10.1 Å². The third-order valence-corrected chi connectivity index (χ3v) is 4.17. The first kappa shape index (κ1) is 14.2. The molecule has 0 saturated carbocycles. The number of amides is 1. The van der Waals surface area contributed by atoms with Gasteiger partial charge in [0, 0.05) is 10.2 Å². The summed E-state index contributed by atoms with van der Waals surface area (Å²) in [5.41, 5.74) is 0. The minimum Gasteiger partial charge on any atom is -0.410 e. The maximum Gasteiger partial charge on any atom is 0.413 e. The molecule has 0 fully saturated rings. The van der Waals surface area contributed by atoms with E-state index in [1.165, 1.54) is 0 Å². The number of benzene rings is 2. The largest absolute Gasteiger partial charge is 0.413 e. The average molecular weight is 340 g/mol. The van der Waals surface area contributed by atoms with E-state index in [2.05, 4.69) is 33.9 Å². The normalized spacial score (nSPS) is 13.8. The summed E-state index contributed by atoms with van der Waals surface area (Å²) in [6, 6.07) is 13.4. The van der Waals surface area contributed by atoms with Gasteiger partial charge in [-0.15, -0.1) is 0 Å². The van der Waals surface area contributed by atoms with Crippen LogP contribution in [0.3, 0.4) is 0 Å². The fraction of sp³-hybridized carbons (Fsp3) is 0.214. The van der Waals surface area contributed by atoms with E-state index >= 15 is 0 Å². The predicted molar refractivity (Wildman–Crippen MR) is 84.3 cm³/mol. The van der Waals surface area contributed by atoms with Crippen molar-refractivity contribution in [1.82, 2.24) is 5.32 Å². The number of ether oxygens (including phenoxy) is 1. The Morgan fingerprint density at radius 3 is 2.68 bits per heavy atom. The number of hydrogen-bond donors (Lipinski definition) is 2. The Labute approximate surface area is 125 Å². The smallest absolute Gasteiger partial charge is 0.410 e. The highest BCUT2D eigenvalue weighted by atomic mass is 79.9. The Morgan fingerprint density at radius 2 is 1.95 bits per heavy atom. The van der Waals surface area contributed by atoms with Crippen molar-refractivity contribution in [1.29, 1.82) is 0 Å². The molecular weight excluding hydrogens is 326 g/mol. The molecule has 2 rings (SSSR count). The number of carbonyl (C=O) groups excluding carboxylic acids is 1. The van der Waals surface area contributed by atoms with Gasteiger partial charge in [-0.1, -0.05) is 52.3 Å². The highest BCUT2D eigenvalue weighted by Gasteiger charge is 2.14. The number of fused-ring (bicyclic) bond motifs is 1. The lowest BCUT2D eigenvalue weighted by molar-refractivity contribution is 0.200. The van der Waals surface area contributed by atoms with Crippen molar-refractivity contribution in [2.24, 2.45) is 0 Å². The minimum absolute atomic E-state index is 0.0518. The summed E-state index contributed by atoms with van der Waals surface area (Å²) in [4.78, 5) is 11.8. The lowest BCUT2D eigenvalue weighted by Gasteiger charge is -2.15. The fourth-order valence-corrected chi connectivity index (χ4v) is 1.89. The van der Waals surface area contributed by atoms with Gasteiger partial charge >= 0.3 is 6.09 Å². The van der Waals surface area contributed by atoms with Crippen LogP contribution in [-0.2, 0) is 0 Å². The highest BCUT2D eigenvalue weighted by molar-refractivity contribution is 9.09. The molecule has 1 amide bonds. The fourth-order valence-electron chi connectivity index (χ4n) is 1.65. The zero-order chi connectivity index (χ0) is 13.8. The molecule has 1 N–H and O–H groups in total. The molecule has 2 unspecified atom stereocenters. The topological polar surface area (TPSA) is 38.3 Å². The monoisotopic (exact) mass is 339 g/mol. The molecule has 0 heterocycles. The van der Waals surface area contributed by atoms with Crippen molar-refractivity contribution < 1.29 is 9.53 Å². The Morgan fingerprint density at radius 1 is 1.26 bits per heavy atom. The molecule has 0 aliphatic carbocycles. The van der Waals surface area contributed by atoms with E-state index in [0.717, 1.165) is 10.8 Å². The quantitative estimate of drug-likeness (QED) is 0.504. The number of alkyl halides is 1. The summed E-state index contributed by atoms with van der Waals surface area (Å²) in [5, 5.41) is 4.28. The van der Waals surface area contributed by atoms with E-state index in [1.807, 2.05) is 43.3 Å². The molecule has 2 aromatic rings. The van der Waals surface area contributed by atoms with Crippen molar-refractivity contribution >= 4 is 45.4 Å². The van der Waals surface area contributed by atoms with E-state index in [-0.39, 0.29) is 10.2 Å². The Kier molecular flexibility index (Phi) is 4.71. The molecule has 3 nitrogen and oxygen atoms in total. The molecule has 0 saturated heterocycles. The molecule has 0 spiro atoms. The van der Waals surface area contributed by atoms with E-state index in [4.69, 9.17) is 4.74 Å². The molecule has 0 bridgehead atoms. The lowest BCUT2D eigenvalue weighted by atomic mass is 10.1. The molecule has 100 valence electrons. The van der Waals surface area contributed by atoms with Crippen molar-refractivity contribution in [2.75, 3.05) is 0 Å². The van der Waals surface area contributed by atoms with E-state index in [1.54, 1.807) is 6.07 Å².